The van der Waals surface area contributed by atoms with E-state index in [-0.39, 0.29) is 28.3 Å². The molecule has 3 aromatic carbocycles. The van der Waals surface area contributed by atoms with E-state index in [1.807, 2.05) is 48.5 Å². The van der Waals surface area contributed by atoms with Crippen molar-refractivity contribution >= 4 is 11.6 Å². The van der Waals surface area contributed by atoms with Crippen LogP contribution >= 0.6 is 0 Å². The van der Waals surface area contributed by atoms with Gasteiger partial charge in [0.15, 0.2) is 5.78 Å². The molecule has 0 amide bonds. The molecule has 0 heterocycles. The molecule has 0 N–H and O–H groups in total. The van der Waals surface area contributed by atoms with Gasteiger partial charge in [-0.3, -0.25) is 9.59 Å². The fourth-order valence-electron chi connectivity index (χ4n) is 8.17. The first-order valence-electron chi connectivity index (χ1n) is 13.8. The molecule has 2 unspecified atom stereocenters. The number of Topliss-reactive ketones (excluding diaryl/α,β-unsaturated/α-hetero) is 2. The summed E-state index contributed by atoms with van der Waals surface area (Å²) in [5, 5.41) is 0. The molecular weight excluding hydrogens is 452 g/mol. The molecule has 2 heteroatoms. The largest absolute Gasteiger partial charge is 0.299 e. The molecule has 2 aliphatic rings. The van der Waals surface area contributed by atoms with Gasteiger partial charge in [-0.05, 0) is 65.5 Å². The van der Waals surface area contributed by atoms with Crippen LogP contribution in [0.5, 0.6) is 0 Å². The SMILES string of the molecule is CC1(C)CC2(CC(C)(C)C1Cc1ccccc1)C(=O)C(Cc1ccccc1)C(=O)C2Cc1ccccc1. The second-order valence-corrected chi connectivity index (χ2v) is 13.0. The third kappa shape index (κ3) is 4.83. The molecule has 2 atom stereocenters. The molecule has 2 aliphatic carbocycles. The van der Waals surface area contributed by atoms with E-state index in [1.165, 1.54) is 5.56 Å². The second kappa shape index (κ2) is 9.71. The van der Waals surface area contributed by atoms with Gasteiger partial charge in [0.25, 0.3) is 0 Å². The zero-order valence-electron chi connectivity index (χ0n) is 22.7. The first kappa shape index (κ1) is 25.6. The third-order valence-electron chi connectivity index (χ3n) is 9.44. The lowest BCUT2D eigenvalue weighted by molar-refractivity contribution is -0.146. The maximum atomic E-state index is 14.5. The summed E-state index contributed by atoms with van der Waals surface area (Å²) in [5.41, 5.74) is 2.79. The van der Waals surface area contributed by atoms with E-state index in [0.29, 0.717) is 18.8 Å². The average Bonchev–Trinajstić information content (AvgIpc) is 3.04. The minimum Gasteiger partial charge on any atom is -0.299 e. The lowest BCUT2D eigenvalue weighted by Crippen LogP contribution is -2.54. The molecule has 0 aromatic heterocycles. The number of hydrogen-bond donors (Lipinski definition) is 0. The lowest BCUT2D eigenvalue weighted by Gasteiger charge is -2.57. The van der Waals surface area contributed by atoms with E-state index in [9.17, 15) is 9.59 Å². The quantitative estimate of drug-likeness (QED) is 0.333. The Labute approximate surface area is 222 Å². The highest BCUT2D eigenvalue weighted by molar-refractivity contribution is 6.14. The predicted octanol–water partition coefficient (Wildman–Crippen LogP) is 7.55. The molecule has 192 valence electrons. The van der Waals surface area contributed by atoms with E-state index in [1.54, 1.807) is 0 Å². The first-order valence-corrected chi connectivity index (χ1v) is 13.8. The van der Waals surface area contributed by atoms with Crippen LogP contribution in [0.4, 0.5) is 0 Å². The van der Waals surface area contributed by atoms with Crippen molar-refractivity contribution in [1.82, 2.24) is 0 Å². The summed E-state index contributed by atoms with van der Waals surface area (Å²) in [6, 6.07) is 31.1. The van der Waals surface area contributed by atoms with Crippen LogP contribution in [0.3, 0.4) is 0 Å². The summed E-state index contributed by atoms with van der Waals surface area (Å²) in [5.74, 6) is -0.0467. The Morgan fingerprint density at radius 2 is 1.00 bits per heavy atom. The van der Waals surface area contributed by atoms with Gasteiger partial charge in [-0.1, -0.05) is 119 Å². The molecule has 2 saturated carbocycles. The van der Waals surface area contributed by atoms with Crippen molar-refractivity contribution in [2.75, 3.05) is 0 Å². The molecule has 0 bridgehead atoms. The zero-order valence-corrected chi connectivity index (χ0v) is 22.7. The molecule has 1 spiro atoms. The Balaban J connectivity index is 1.54. The molecule has 5 rings (SSSR count). The van der Waals surface area contributed by atoms with Crippen LogP contribution in [0, 0.1) is 34.0 Å². The van der Waals surface area contributed by atoms with Crippen LogP contribution in [-0.4, -0.2) is 11.6 Å². The van der Waals surface area contributed by atoms with Crippen LogP contribution in [0.15, 0.2) is 91.0 Å². The topological polar surface area (TPSA) is 34.1 Å². The van der Waals surface area contributed by atoms with Gasteiger partial charge in [0.05, 0.1) is 5.92 Å². The fraction of sp³-hybridized carbons (Fsp3) is 0.429. The summed E-state index contributed by atoms with van der Waals surface area (Å²) in [7, 11) is 0. The summed E-state index contributed by atoms with van der Waals surface area (Å²) in [6.45, 7) is 9.35. The first-order chi connectivity index (χ1) is 17.6. The highest BCUT2D eigenvalue weighted by Gasteiger charge is 2.65. The summed E-state index contributed by atoms with van der Waals surface area (Å²) in [6.07, 6.45) is 3.70. The second-order valence-electron chi connectivity index (χ2n) is 13.0. The van der Waals surface area contributed by atoms with Gasteiger partial charge >= 0.3 is 0 Å². The Bertz CT molecular complexity index is 1220. The van der Waals surface area contributed by atoms with E-state index in [0.717, 1.165) is 30.4 Å². The predicted molar refractivity (Wildman–Crippen MR) is 150 cm³/mol. The standard InChI is InChI=1S/C35H40O2/c1-33(2)23-35(24-34(3,4)30(33)22-27-18-12-7-13-19-27)29(21-26-16-10-6-11-17-26)31(36)28(32(35)37)20-25-14-8-5-9-15-25/h5-19,28-30H,20-24H2,1-4H3. The van der Waals surface area contributed by atoms with Crippen LogP contribution in [0.25, 0.3) is 0 Å². The Morgan fingerprint density at radius 3 is 1.46 bits per heavy atom. The van der Waals surface area contributed by atoms with E-state index < -0.39 is 11.3 Å². The van der Waals surface area contributed by atoms with Crippen LogP contribution in [0.2, 0.25) is 0 Å². The summed E-state index contributed by atoms with van der Waals surface area (Å²) >= 11 is 0. The number of rotatable bonds is 6. The van der Waals surface area contributed by atoms with Crippen molar-refractivity contribution in [3.05, 3.63) is 108 Å². The van der Waals surface area contributed by atoms with Crippen molar-refractivity contribution < 1.29 is 9.59 Å². The minimum atomic E-state index is -0.618. The molecule has 0 radical (unpaired) electrons. The summed E-state index contributed by atoms with van der Waals surface area (Å²) < 4.78 is 0. The molecule has 0 saturated heterocycles. The van der Waals surface area contributed by atoms with E-state index in [4.69, 9.17) is 0 Å². The van der Waals surface area contributed by atoms with Crippen molar-refractivity contribution in [3.63, 3.8) is 0 Å². The minimum absolute atomic E-state index is 0.0793. The maximum Gasteiger partial charge on any atom is 0.150 e. The number of ketones is 2. The van der Waals surface area contributed by atoms with Crippen molar-refractivity contribution in [2.24, 2.45) is 34.0 Å². The van der Waals surface area contributed by atoms with Crippen molar-refractivity contribution in [2.45, 2.75) is 59.8 Å². The lowest BCUT2D eigenvalue weighted by atomic mass is 9.46. The zero-order chi connectivity index (χ0) is 26.3. The van der Waals surface area contributed by atoms with Crippen LogP contribution in [-0.2, 0) is 28.9 Å². The normalized spacial score (nSPS) is 24.4. The maximum absolute atomic E-state index is 14.5. The van der Waals surface area contributed by atoms with Gasteiger partial charge < -0.3 is 0 Å². The van der Waals surface area contributed by atoms with Crippen LogP contribution in [0.1, 0.15) is 57.2 Å². The molecule has 37 heavy (non-hydrogen) atoms. The molecular formula is C35H40O2. The van der Waals surface area contributed by atoms with Gasteiger partial charge in [-0.25, -0.2) is 0 Å². The highest BCUT2D eigenvalue weighted by Crippen LogP contribution is 2.64. The van der Waals surface area contributed by atoms with Gasteiger partial charge in [0.1, 0.15) is 5.78 Å². The molecule has 2 fully saturated rings. The summed E-state index contributed by atoms with van der Waals surface area (Å²) in [4.78, 5) is 28.7. The molecule has 3 aromatic rings. The monoisotopic (exact) mass is 492 g/mol. The van der Waals surface area contributed by atoms with Crippen molar-refractivity contribution in [3.8, 4) is 0 Å². The van der Waals surface area contributed by atoms with Gasteiger partial charge in [-0.2, -0.15) is 0 Å². The molecule has 0 aliphatic heterocycles. The number of hydrogen-bond acceptors (Lipinski definition) is 2. The number of benzene rings is 3. The van der Waals surface area contributed by atoms with E-state index >= 15 is 0 Å². The highest BCUT2D eigenvalue weighted by atomic mass is 16.2. The third-order valence-corrected chi connectivity index (χ3v) is 9.44. The average molecular weight is 493 g/mol. The van der Waals surface area contributed by atoms with E-state index in [2.05, 4.69) is 70.2 Å². The fourth-order valence-corrected chi connectivity index (χ4v) is 8.17. The van der Waals surface area contributed by atoms with Gasteiger partial charge in [0, 0.05) is 11.3 Å². The smallest absolute Gasteiger partial charge is 0.150 e. The number of carbonyl (C=O) groups is 2. The number of carbonyl (C=O) groups excluding carboxylic acids is 2. The van der Waals surface area contributed by atoms with Crippen LogP contribution < -0.4 is 0 Å². The Morgan fingerprint density at radius 1 is 0.595 bits per heavy atom. The van der Waals surface area contributed by atoms with Gasteiger partial charge in [0.2, 0.25) is 0 Å². The Hall–Kier alpha value is -3.00. The Kier molecular flexibility index (Phi) is 6.73. The molecule has 2 nitrogen and oxygen atoms in total. The van der Waals surface area contributed by atoms with Gasteiger partial charge in [-0.15, -0.1) is 0 Å². The van der Waals surface area contributed by atoms with Crippen molar-refractivity contribution in [1.29, 1.82) is 0 Å².